The van der Waals surface area contributed by atoms with Gasteiger partial charge in [0.1, 0.15) is 0 Å². The Morgan fingerprint density at radius 2 is 1.47 bits per heavy atom. The number of hydrogen-bond acceptors (Lipinski definition) is 4. The van der Waals surface area contributed by atoms with E-state index in [4.69, 9.17) is 20.4 Å². The lowest BCUT2D eigenvalue weighted by Crippen LogP contribution is -2.13. The lowest BCUT2D eigenvalue weighted by atomic mass is 10.1. The molecule has 0 spiro atoms. The zero-order valence-corrected chi connectivity index (χ0v) is 8.72. The lowest BCUT2D eigenvalue weighted by Gasteiger charge is -1.98. The van der Waals surface area contributed by atoms with Crippen LogP contribution in [0.4, 0.5) is 0 Å². The van der Waals surface area contributed by atoms with Crippen molar-refractivity contribution in [2.24, 2.45) is 5.92 Å². The van der Waals surface area contributed by atoms with Gasteiger partial charge in [-0.25, -0.2) is 0 Å². The van der Waals surface area contributed by atoms with Crippen LogP contribution in [0.5, 0.6) is 0 Å². The SMILES string of the molecule is CC(CC(=O)O)C(=O)O.OCCCCO. The van der Waals surface area contributed by atoms with Crippen LogP contribution >= 0.6 is 0 Å². The van der Waals surface area contributed by atoms with Crippen LogP contribution in [-0.4, -0.2) is 45.6 Å². The first-order chi connectivity index (χ1) is 6.95. The van der Waals surface area contributed by atoms with E-state index < -0.39 is 17.9 Å². The number of carboxylic acids is 2. The monoisotopic (exact) mass is 222 g/mol. The zero-order chi connectivity index (χ0) is 12.3. The lowest BCUT2D eigenvalue weighted by molar-refractivity contribution is -0.147. The third-order valence-electron chi connectivity index (χ3n) is 1.47. The fourth-order valence-electron chi connectivity index (χ4n) is 0.573. The van der Waals surface area contributed by atoms with Gasteiger partial charge >= 0.3 is 11.9 Å². The highest BCUT2D eigenvalue weighted by Crippen LogP contribution is 1.99. The van der Waals surface area contributed by atoms with Gasteiger partial charge < -0.3 is 20.4 Å². The molecular weight excluding hydrogens is 204 g/mol. The molecule has 90 valence electrons. The summed E-state index contributed by atoms with van der Waals surface area (Å²) in [5.41, 5.74) is 0. The number of aliphatic hydroxyl groups excluding tert-OH is 2. The Hall–Kier alpha value is -1.14. The van der Waals surface area contributed by atoms with Gasteiger partial charge in [-0.3, -0.25) is 9.59 Å². The molecule has 15 heavy (non-hydrogen) atoms. The first-order valence-electron chi connectivity index (χ1n) is 4.62. The highest BCUT2D eigenvalue weighted by molar-refractivity contribution is 5.77. The van der Waals surface area contributed by atoms with E-state index in [1.54, 1.807) is 0 Å². The predicted octanol–water partition coefficient (Wildman–Crippen LogP) is -0.0670. The molecule has 0 aliphatic carbocycles. The van der Waals surface area contributed by atoms with Crippen LogP contribution in [0.1, 0.15) is 26.2 Å². The number of carboxylic acid groups (broad SMARTS) is 2. The van der Waals surface area contributed by atoms with E-state index in [-0.39, 0.29) is 19.6 Å². The highest BCUT2D eigenvalue weighted by atomic mass is 16.4. The Labute approximate surface area is 88.2 Å². The second-order valence-electron chi connectivity index (χ2n) is 2.99. The van der Waals surface area contributed by atoms with Gasteiger partial charge in [-0.05, 0) is 12.8 Å². The van der Waals surface area contributed by atoms with Gasteiger partial charge in [-0.15, -0.1) is 0 Å². The van der Waals surface area contributed by atoms with Crippen molar-refractivity contribution >= 4 is 11.9 Å². The molecule has 6 nitrogen and oxygen atoms in total. The highest BCUT2D eigenvalue weighted by Gasteiger charge is 2.13. The average molecular weight is 222 g/mol. The van der Waals surface area contributed by atoms with Crippen molar-refractivity contribution in [1.82, 2.24) is 0 Å². The van der Waals surface area contributed by atoms with Gasteiger partial charge in [0.05, 0.1) is 12.3 Å². The van der Waals surface area contributed by atoms with Crippen LogP contribution in [0.25, 0.3) is 0 Å². The van der Waals surface area contributed by atoms with Crippen molar-refractivity contribution in [3.05, 3.63) is 0 Å². The number of hydrogen-bond donors (Lipinski definition) is 4. The fraction of sp³-hybridized carbons (Fsp3) is 0.778. The summed E-state index contributed by atoms with van der Waals surface area (Å²) in [6.07, 6.45) is 1.13. The Balaban J connectivity index is 0. The average Bonchev–Trinajstić information content (AvgIpc) is 2.14. The van der Waals surface area contributed by atoms with Gasteiger partial charge in [-0.2, -0.15) is 0 Å². The largest absolute Gasteiger partial charge is 0.481 e. The summed E-state index contributed by atoms with van der Waals surface area (Å²) < 4.78 is 0. The van der Waals surface area contributed by atoms with Crippen molar-refractivity contribution in [1.29, 1.82) is 0 Å². The first kappa shape index (κ1) is 16.3. The third-order valence-corrected chi connectivity index (χ3v) is 1.47. The summed E-state index contributed by atoms with van der Waals surface area (Å²) in [5, 5.41) is 32.4. The van der Waals surface area contributed by atoms with Gasteiger partial charge in [0.15, 0.2) is 0 Å². The van der Waals surface area contributed by atoms with Gasteiger partial charge in [-0.1, -0.05) is 6.92 Å². The van der Waals surface area contributed by atoms with Crippen molar-refractivity contribution in [2.75, 3.05) is 13.2 Å². The van der Waals surface area contributed by atoms with E-state index in [1.165, 1.54) is 6.92 Å². The molecule has 0 saturated heterocycles. The molecule has 0 fully saturated rings. The number of aliphatic carboxylic acids is 2. The van der Waals surface area contributed by atoms with Crippen LogP contribution < -0.4 is 0 Å². The maximum Gasteiger partial charge on any atom is 0.306 e. The van der Waals surface area contributed by atoms with Crippen LogP contribution in [0.2, 0.25) is 0 Å². The van der Waals surface area contributed by atoms with E-state index in [0.29, 0.717) is 0 Å². The molecule has 0 aromatic carbocycles. The summed E-state index contributed by atoms with van der Waals surface area (Å²) in [5.74, 6) is -2.94. The number of aliphatic hydroxyl groups is 2. The van der Waals surface area contributed by atoms with Crippen molar-refractivity contribution in [2.45, 2.75) is 26.2 Å². The predicted molar refractivity (Wildman–Crippen MR) is 52.5 cm³/mol. The normalized spacial score (nSPS) is 11.1. The molecular formula is C9H18O6. The first-order valence-corrected chi connectivity index (χ1v) is 4.62. The minimum Gasteiger partial charge on any atom is -0.481 e. The quantitative estimate of drug-likeness (QED) is 0.468. The van der Waals surface area contributed by atoms with E-state index >= 15 is 0 Å². The summed E-state index contributed by atoms with van der Waals surface area (Å²) in [6, 6.07) is 0. The molecule has 1 unspecified atom stereocenters. The second kappa shape index (κ2) is 10.9. The Morgan fingerprint density at radius 1 is 1.07 bits per heavy atom. The Bertz CT molecular complexity index is 175. The maximum absolute atomic E-state index is 9.97. The molecule has 0 saturated carbocycles. The molecule has 4 N–H and O–H groups in total. The van der Waals surface area contributed by atoms with E-state index in [0.717, 1.165) is 12.8 Å². The van der Waals surface area contributed by atoms with Crippen molar-refractivity contribution < 1.29 is 30.0 Å². The second-order valence-corrected chi connectivity index (χ2v) is 2.99. The molecule has 0 aromatic rings. The summed E-state index contributed by atoms with van der Waals surface area (Å²) in [4.78, 5) is 19.8. The fourth-order valence-corrected chi connectivity index (χ4v) is 0.573. The minimum absolute atomic E-state index is 0.195. The van der Waals surface area contributed by atoms with Crippen molar-refractivity contribution in [3.8, 4) is 0 Å². The van der Waals surface area contributed by atoms with Crippen LogP contribution in [0, 0.1) is 5.92 Å². The zero-order valence-electron chi connectivity index (χ0n) is 8.72. The maximum atomic E-state index is 9.97. The molecule has 0 heterocycles. The van der Waals surface area contributed by atoms with E-state index in [2.05, 4.69) is 0 Å². The van der Waals surface area contributed by atoms with E-state index in [1.807, 2.05) is 0 Å². The van der Waals surface area contributed by atoms with Gasteiger partial charge in [0.2, 0.25) is 0 Å². The molecule has 0 aliphatic heterocycles. The number of rotatable bonds is 6. The molecule has 0 aliphatic rings. The Kier molecular flexibility index (Phi) is 11.9. The van der Waals surface area contributed by atoms with Crippen molar-refractivity contribution in [3.63, 3.8) is 0 Å². The summed E-state index contributed by atoms with van der Waals surface area (Å²) in [6.45, 7) is 1.75. The topological polar surface area (TPSA) is 115 Å². The van der Waals surface area contributed by atoms with Gasteiger partial charge in [0, 0.05) is 13.2 Å². The number of unbranched alkanes of at least 4 members (excludes halogenated alkanes) is 1. The molecule has 6 heteroatoms. The standard InChI is InChI=1S/C5H8O4.C4H10O2/c1-3(5(8)9)2-4(6)7;5-3-1-2-4-6/h3H,2H2,1H3,(H,6,7)(H,8,9);5-6H,1-4H2. The number of carbonyl (C=O) groups is 2. The molecule has 0 aromatic heterocycles. The van der Waals surface area contributed by atoms with Gasteiger partial charge in [0.25, 0.3) is 0 Å². The van der Waals surface area contributed by atoms with E-state index in [9.17, 15) is 9.59 Å². The molecule has 0 bridgehead atoms. The molecule has 0 rings (SSSR count). The summed E-state index contributed by atoms with van der Waals surface area (Å²) in [7, 11) is 0. The minimum atomic E-state index is -1.08. The van der Waals surface area contributed by atoms with Crippen LogP contribution in [-0.2, 0) is 9.59 Å². The third kappa shape index (κ3) is 15.6. The van der Waals surface area contributed by atoms with Crippen LogP contribution in [0.15, 0.2) is 0 Å². The summed E-state index contributed by atoms with van der Waals surface area (Å²) >= 11 is 0. The smallest absolute Gasteiger partial charge is 0.306 e. The Morgan fingerprint density at radius 3 is 1.60 bits per heavy atom. The van der Waals surface area contributed by atoms with Crippen LogP contribution in [0.3, 0.4) is 0 Å². The molecule has 0 radical (unpaired) electrons. The molecule has 1 atom stereocenters. The molecule has 0 amide bonds.